The number of hydrogen-bond acceptors (Lipinski definition) is 6. The molecule has 154 valence electrons. The summed E-state index contributed by atoms with van der Waals surface area (Å²) in [6.45, 7) is 3.54. The molecular weight excluding hydrogens is 380 g/mol. The Labute approximate surface area is 174 Å². The first kappa shape index (κ1) is 18.7. The van der Waals surface area contributed by atoms with Crippen molar-refractivity contribution in [3.63, 3.8) is 0 Å². The molecule has 1 fully saturated rings. The van der Waals surface area contributed by atoms with Gasteiger partial charge in [0.25, 0.3) is 5.56 Å². The molecular formula is C22H24N6O2. The van der Waals surface area contributed by atoms with Crippen molar-refractivity contribution in [2.75, 3.05) is 20.2 Å². The molecule has 30 heavy (non-hydrogen) atoms. The van der Waals surface area contributed by atoms with Gasteiger partial charge in [0.15, 0.2) is 0 Å². The van der Waals surface area contributed by atoms with E-state index in [9.17, 15) is 4.79 Å². The molecule has 0 spiro atoms. The van der Waals surface area contributed by atoms with Gasteiger partial charge >= 0.3 is 0 Å². The van der Waals surface area contributed by atoms with Crippen LogP contribution in [0.1, 0.15) is 29.2 Å². The number of benzene rings is 1. The van der Waals surface area contributed by atoms with E-state index in [1.54, 1.807) is 25.7 Å². The number of likely N-dealkylation sites (tertiary alicyclic amines) is 1. The molecule has 2 unspecified atom stereocenters. The highest BCUT2D eigenvalue weighted by Gasteiger charge is 2.34. The number of rotatable bonds is 5. The van der Waals surface area contributed by atoms with Crippen LogP contribution in [0.25, 0.3) is 0 Å². The van der Waals surface area contributed by atoms with E-state index in [1.807, 2.05) is 22.8 Å². The second-order valence-electron chi connectivity index (χ2n) is 8.02. The summed E-state index contributed by atoms with van der Waals surface area (Å²) in [6.07, 6.45) is 5.93. The highest BCUT2D eigenvalue weighted by atomic mass is 16.5. The number of ether oxygens (including phenoxy) is 1. The number of nitrogens with zero attached hydrogens (tertiary/aromatic N) is 6. The first-order valence-corrected chi connectivity index (χ1v) is 10.2. The van der Waals surface area contributed by atoms with E-state index in [2.05, 4.69) is 32.2 Å². The number of methoxy groups -OCH3 is 1. The maximum atomic E-state index is 12.2. The highest BCUT2D eigenvalue weighted by Crippen LogP contribution is 2.36. The van der Waals surface area contributed by atoms with Gasteiger partial charge < -0.3 is 9.30 Å². The third-order valence-corrected chi connectivity index (χ3v) is 5.99. The van der Waals surface area contributed by atoms with E-state index in [0.717, 1.165) is 49.5 Å². The minimum atomic E-state index is 0.122. The lowest BCUT2D eigenvalue weighted by atomic mass is 9.83. The molecule has 1 saturated heterocycles. The van der Waals surface area contributed by atoms with Crippen molar-refractivity contribution >= 4 is 6.21 Å². The predicted molar refractivity (Wildman–Crippen MR) is 113 cm³/mol. The van der Waals surface area contributed by atoms with Crippen LogP contribution in [0.2, 0.25) is 0 Å². The summed E-state index contributed by atoms with van der Waals surface area (Å²) in [5, 5.41) is 8.28. The largest absolute Gasteiger partial charge is 0.496 e. The molecule has 3 aromatic rings. The van der Waals surface area contributed by atoms with Gasteiger partial charge in [-0.1, -0.05) is 6.07 Å². The molecule has 0 radical (unpaired) electrons. The van der Waals surface area contributed by atoms with E-state index in [-0.39, 0.29) is 5.56 Å². The Morgan fingerprint density at radius 2 is 2.17 bits per heavy atom. The Balaban J connectivity index is 1.37. The summed E-state index contributed by atoms with van der Waals surface area (Å²) in [6, 6.07) is 11.7. The standard InChI is InChI=1S/C22H24N6O2/c1-30-21-6-5-16(9-24-28-15-23-14-25-28)7-19(21)13-26-10-17-8-18(12-26)20-3-2-4-22(29)27(20)11-17/h2-7,9,14-15,17-18H,8,10-13H2,1H3. The lowest BCUT2D eigenvalue weighted by Crippen LogP contribution is -2.46. The van der Waals surface area contributed by atoms with Crippen LogP contribution >= 0.6 is 0 Å². The minimum absolute atomic E-state index is 0.122. The van der Waals surface area contributed by atoms with Gasteiger partial charge in [0, 0.05) is 49.4 Å². The Kier molecular flexibility index (Phi) is 4.92. The van der Waals surface area contributed by atoms with Crippen LogP contribution in [0.15, 0.2) is 58.9 Å². The molecule has 2 bridgehead atoms. The molecule has 2 aliphatic heterocycles. The first-order valence-electron chi connectivity index (χ1n) is 10.2. The summed E-state index contributed by atoms with van der Waals surface area (Å²) in [5.74, 6) is 1.77. The molecule has 0 N–H and O–H groups in total. The van der Waals surface area contributed by atoms with Crippen molar-refractivity contribution in [2.24, 2.45) is 11.0 Å². The van der Waals surface area contributed by atoms with Gasteiger partial charge in [-0.15, -0.1) is 9.89 Å². The van der Waals surface area contributed by atoms with Crippen LogP contribution in [0.4, 0.5) is 0 Å². The smallest absolute Gasteiger partial charge is 0.250 e. The van der Waals surface area contributed by atoms with Gasteiger partial charge in [-0.3, -0.25) is 9.69 Å². The third kappa shape index (κ3) is 3.66. The maximum Gasteiger partial charge on any atom is 0.250 e. The van der Waals surface area contributed by atoms with Crippen LogP contribution in [-0.4, -0.2) is 50.8 Å². The molecule has 2 aliphatic rings. The summed E-state index contributed by atoms with van der Waals surface area (Å²) in [7, 11) is 1.70. The quantitative estimate of drug-likeness (QED) is 0.608. The summed E-state index contributed by atoms with van der Waals surface area (Å²) >= 11 is 0. The summed E-state index contributed by atoms with van der Waals surface area (Å²) in [4.78, 5) is 20.0. The lowest BCUT2D eigenvalue weighted by Gasteiger charge is -2.42. The minimum Gasteiger partial charge on any atom is -0.496 e. The topological polar surface area (TPSA) is 77.5 Å². The Morgan fingerprint density at radius 3 is 3.00 bits per heavy atom. The molecule has 2 atom stereocenters. The van der Waals surface area contributed by atoms with Crippen LogP contribution in [0.3, 0.4) is 0 Å². The summed E-state index contributed by atoms with van der Waals surface area (Å²) in [5.41, 5.74) is 3.40. The van der Waals surface area contributed by atoms with E-state index >= 15 is 0 Å². The SMILES string of the molecule is COc1ccc(C=Nn2cncn2)cc1CN1CC2CC(C1)c1cccc(=O)n1C2. The zero-order valence-corrected chi connectivity index (χ0v) is 16.9. The fraction of sp³-hybridized carbons (Fsp3) is 0.364. The molecule has 0 aliphatic carbocycles. The Hall–Kier alpha value is -3.26. The second-order valence-corrected chi connectivity index (χ2v) is 8.02. The number of fused-ring (bicyclic) bond motifs is 4. The van der Waals surface area contributed by atoms with Crippen molar-refractivity contribution < 1.29 is 4.74 Å². The zero-order chi connectivity index (χ0) is 20.5. The van der Waals surface area contributed by atoms with Gasteiger partial charge in [0.05, 0.1) is 13.3 Å². The average molecular weight is 404 g/mol. The van der Waals surface area contributed by atoms with Crippen molar-refractivity contribution in [2.45, 2.75) is 25.4 Å². The lowest BCUT2D eigenvalue weighted by molar-refractivity contribution is 0.113. The fourth-order valence-electron chi connectivity index (χ4n) is 4.76. The van der Waals surface area contributed by atoms with Crippen LogP contribution in [0, 0.1) is 5.92 Å². The highest BCUT2D eigenvalue weighted by molar-refractivity contribution is 5.80. The molecule has 4 heterocycles. The van der Waals surface area contributed by atoms with Crippen LogP contribution < -0.4 is 10.3 Å². The van der Waals surface area contributed by atoms with Gasteiger partial charge in [0.1, 0.15) is 18.4 Å². The van der Waals surface area contributed by atoms with Gasteiger partial charge in [0.2, 0.25) is 0 Å². The second kappa shape index (κ2) is 7.87. The first-order chi connectivity index (χ1) is 14.7. The monoisotopic (exact) mass is 404 g/mol. The van der Waals surface area contributed by atoms with Crippen LogP contribution in [-0.2, 0) is 13.1 Å². The van der Waals surface area contributed by atoms with Crippen molar-refractivity contribution in [1.29, 1.82) is 0 Å². The summed E-state index contributed by atoms with van der Waals surface area (Å²) < 4.78 is 7.58. The van der Waals surface area contributed by atoms with E-state index in [0.29, 0.717) is 11.8 Å². The van der Waals surface area contributed by atoms with E-state index in [1.165, 1.54) is 16.8 Å². The van der Waals surface area contributed by atoms with E-state index in [4.69, 9.17) is 4.74 Å². The van der Waals surface area contributed by atoms with Crippen molar-refractivity contribution in [1.82, 2.24) is 24.3 Å². The van der Waals surface area contributed by atoms with Gasteiger partial charge in [-0.25, -0.2) is 4.98 Å². The molecule has 0 saturated carbocycles. The molecule has 2 aromatic heterocycles. The molecule has 0 amide bonds. The molecule has 1 aromatic carbocycles. The van der Waals surface area contributed by atoms with Crippen molar-refractivity contribution in [3.8, 4) is 5.75 Å². The molecule has 5 rings (SSSR count). The van der Waals surface area contributed by atoms with Crippen LogP contribution in [0.5, 0.6) is 5.75 Å². The Morgan fingerprint density at radius 1 is 1.23 bits per heavy atom. The molecule has 8 nitrogen and oxygen atoms in total. The van der Waals surface area contributed by atoms with E-state index < -0.39 is 0 Å². The average Bonchev–Trinajstić information content (AvgIpc) is 3.27. The Bertz CT molecular complexity index is 1120. The van der Waals surface area contributed by atoms with Crippen molar-refractivity contribution in [3.05, 3.63) is 76.2 Å². The third-order valence-electron chi connectivity index (χ3n) is 5.99. The fourth-order valence-corrected chi connectivity index (χ4v) is 4.76. The number of hydrogen-bond donors (Lipinski definition) is 0. The number of pyridine rings is 1. The zero-order valence-electron chi connectivity index (χ0n) is 16.9. The van der Waals surface area contributed by atoms with Gasteiger partial charge in [-0.05, 0) is 42.2 Å². The van der Waals surface area contributed by atoms with Gasteiger partial charge in [-0.2, -0.15) is 5.10 Å². The number of aromatic nitrogens is 4. The normalized spacial score (nSPS) is 21.0. The predicted octanol–water partition coefficient (Wildman–Crippen LogP) is 1.95. The maximum absolute atomic E-state index is 12.2. The molecule has 8 heteroatoms. The number of piperidine rings is 1.